The summed E-state index contributed by atoms with van der Waals surface area (Å²) in [4.78, 5) is 9.41. The number of halogens is 1. The van der Waals surface area contributed by atoms with Crippen molar-refractivity contribution in [2.75, 3.05) is 12.4 Å². The van der Waals surface area contributed by atoms with Crippen LogP contribution in [-0.2, 0) is 11.5 Å². The summed E-state index contributed by atoms with van der Waals surface area (Å²) in [7, 11) is 1.92. The van der Waals surface area contributed by atoms with E-state index < -0.39 is 0 Å². The van der Waals surface area contributed by atoms with E-state index in [1.54, 1.807) is 0 Å². The summed E-state index contributed by atoms with van der Waals surface area (Å²) in [6.45, 7) is 2.09. The molecule has 0 amide bonds. The Morgan fingerprint density at radius 2 is 2.11 bits per heavy atom. The largest absolute Gasteiger partial charge is 0.373 e. The predicted molar refractivity (Wildman–Crippen MR) is 84.5 cm³/mol. The number of fused-ring (bicyclic) bond motifs is 1. The molecule has 2 heterocycles. The van der Waals surface area contributed by atoms with Crippen LogP contribution in [0.15, 0.2) is 22.7 Å². The number of benzene rings is 1. The summed E-state index contributed by atoms with van der Waals surface area (Å²) < 4.78 is 1.08. The molecule has 0 unspecified atom stereocenters. The lowest BCUT2D eigenvalue weighted by Crippen LogP contribution is -2.04. The first-order chi connectivity index (χ1) is 9.19. The van der Waals surface area contributed by atoms with E-state index in [0.29, 0.717) is 0 Å². The van der Waals surface area contributed by atoms with Gasteiger partial charge in [0, 0.05) is 34.2 Å². The molecule has 1 N–H and O–H groups in total. The molecule has 0 aliphatic carbocycles. The van der Waals surface area contributed by atoms with Gasteiger partial charge in [0.25, 0.3) is 0 Å². The minimum atomic E-state index is 0.815. The minimum Gasteiger partial charge on any atom is -0.373 e. The molecule has 3 nitrogen and oxygen atoms in total. The molecule has 0 saturated carbocycles. The highest BCUT2D eigenvalue weighted by atomic mass is 79.9. The highest BCUT2D eigenvalue weighted by molar-refractivity contribution is 9.10. The predicted octanol–water partition coefficient (Wildman–Crippen LogP) is 4.00. The van der Waals surface area contributed by atoms with E-state index in [9.17, 15) is 0 Å². The lowest BCUT2D eigenvalue weighted by molar-refractivity contribution is 1.07. The highest BCUT2D eigenvalue weighted by Gasteiger charge is 2.20. The Hall–Kier alpha value is -1.07. The maximum absolute atomic E-state index is 4.74. The third-order valence-corrected chi connectivity index (χ3v) is 4.71. The van der Waals surface area contributed by atoms with Gasteiger partial charge in [-0.25, -0.2) is 9.97 Å². The van der Waals surface area contributed by atoms with E-state index in [-0.39, 0.29) is 0 Å². The average molecular weight is 336 g/mol. The zero-order valence-electron chi connectivity index (χ0n) is 10.8. The Bertz CT molecular complexity index is 643. The number of anilines is 1. The van der Waals surface area contributed by atoms with Crippen molar-refractivity contribution in [2.45, 2.75) is 18.4 Å². The summed E-state index contributed by atoms with van der Waals surface area (Å²) in [5, 5.41) is 3.19. The molecule has 0 bridgehead atoms. The Kier molecular flexibility index (Phi) is 3.50. The standard InChI is InChI=1S/C14H14BrN3S/c1-8-5-9(15)3-4-10(8)14-17-12-7-19-6-11(12)13(16-2)18-14/h3-5H,6-7H2,1-2H3,(H,16,17,18). The van der Waals surface area contributed by atoms with Crippen LogP contribution < -0.4 is 5.32 Å². The molecular formula is C14H14BrN3S. The molecule has 98 valence electrons. The van der Waals surface area contributed by atoms with Crippen molar-refractivity contribution in [3.05, 3.63) is 39.5 Å². The molecule has 5 heteroatoms. The highest BCUT2D eigenvalue weighted by Crippen LogP contribution is 2.35. The maximum atomic E-state index is 4.74. The summed E-state index contributed by atoms with van der Waals surface area (Å²) >= 11 is 5.38. The van der Waals surface area contributed by atoms with Crippen molar-refractivity contribution < 1.29 is 0 Å². The monoisotopic (exact) mass is 335 g/mol. The van der Waals surface area contributed by atoms with Gasteiger partial charge in [-0.05, 0) is 30.7 Å². The third kappa shape index (κ3) is 2.37. The van der Waals surface area contributed by atoms with Crippen LogP contribution in [-0.4, -0.2) is 17.0 Å². The maximum Gasteiger partial charge on any atom is 0.162 e. The number of hydrogen-bond acceptors (Lipinski definition) is 4. The summed E-state index contributed by atoms with van der Waals surface area (Å²) in [6, 6.07) is 6.20. The van der Waals surface area contributed by atoms with Crippen LogP contribution in [0.2, 0.25) is 0 Å². The molecular weight excluding hydrogens is 322 g/mol. The summed E-state index contributed by atoms with van der Waals surface area (Å²) in [5.41, 5.74) is 4.70. The van der Waals surface area contributed by atoms with Gasteiger partial charge in [0.2, 0.25) is 0 Å². The SMILES string of the molecule is CNc1nc(-c2ccc(Br)cc2C)nc2c1CSC2. The smallest absolute Gasteiger partial charge is 0.162 e. The lowest BCUT2D eigenvalue weighted by atomic mass is 10.1. The fourth-order valence-corrected chi connectivity index (χ4v) is 3.77. The molecule has 2 aromatic rings. The van der Waals surface area contributed by atoms with E-state index in [2.05, 4.69) is 45.3 Å². The molecule has 1 aromatic heterocycles. The number of rotatable bonds is 2. The van der Waals surface area contributed by atoms with Crippen molar-refractivity contribution in [1.82, 2.24) is 9.97 Å². The number of aryl methyl sites for hydroxylation is 1. The Morgan fingerprint density at radius 3 is 2.84 bits per heavy atom. The average Bonchev–Trinajstić information content (AvgIpc) is 2.85. The first kappa shape index (κ1) is 12.9. The summed E-state index contributed by atoms with van der Waals surface area (Å²) in [5.74, 6) is 3.77. The van der Waals surface area contributed by atoms with Crippen molar-refractivity contribution in [1.29, 1.82) is 0 Å². The number of thioether (sulfide) groups is 1. The van der Waals surface area contributed by atoms with E-state index in [1.165, 1.54) is 16.8 Å². The molecule has 0 saturated heterocycles. The van der Waals surface area contributed by atoms with E-state index >= 15 is 0 Å². The molecule has 0 atom stereocenters. The second-order valence-electron chi connectivity index (χ2n) is 4.52. The zero-order chi connectivity index (χ0) is 13.4. The molecule has 0 fully saturated rings. The fraction of sp³-hybridized carbons (Fsp3) is 0.286. The second kappa shape index (κ2) is 5.13. The van der Waals surface area contributed by atoms with Crippen LogP contribution >= 0.6 is 27.7 Å². The first-order valence-electron chi connectivity index (χ1n) is 6.11. The Balaban J connectivity index is 2.15. The van der Waals surface area contributed by atoms with Crippen molar-refractivity contribution >= 4 is 33.5 Å². The van der Waals surface area contributed by atoms with Crippen LogP contribution in [0, 0.1) is 6.92 Å². The molecule has 3 rings (SSSR count). The molecule has 1 aliphatic heterocycles. The number of nitrogens with zero attached hydrogens (tertiary/aromatic N) is 2. The first-order valence-corrected chi connectivity index (χ1v) is 8.05. The van der Waals surface area contributed by atoms with Gasteiger partial charge in [0.15, 0.2) is 5.82 Å². The molecule has 19 heavy (non-hydrogen) atoms. The van der Waals surface area contributed by atoms with Crippen LogP contribution in [0.25, 0.3) is 11.4 Å². The van der Waals surface area contributed by atoms with Gasteiger partial charge < -0.3 is 5.32 Å². The van der Waals surface area contributed by atoms with Gasteiger partial charge >= 0.3 is 0 Å². The van der Waals surface area contributed by atoms with Crippen LogP contribution in [0.5, 0.6) is 0 Å². The van der Waals surface area contributed by atoms with Gasteiger partial charge in [-0.15, -0.1) is 0 Å². The fourth-order valence-electron chi connectivity index (χ4n) is 2.26. The van der Waals surface area contributed by atoms with E-state index in [1.807, 2.05) is 24.9 Å². The second-order valence-corrected chi connectivity index (χ2v) is 6.42. The zero-order valence-corrected chi connectivity index (χ0v) is 13.2. The van der Waals surface area contributed by atoms with Crippen LogP contribution in [0.3, 0.4) is 0 Å². The van der Waals surface area contributed by atoms with E-state index in [4.69, 9.17) is 4.98 Å². The Labute approximate surface area is 125 Å². The molecule has 0 radical (unpaired) electrons. The number of aromatic nitrogens is 2. The van der Waals surface area contributed by atoms with Crippen molar-refractivity contribution in [2.24, 2.45) is 0 Å². The topological polar surface area (TPSA) is 37.8 Å². The number of nitrogens with one attached hydrogen (secondary N) is 1. The minimum absolute atomic E-state index is 0.815. The molecule has 1 aromatic carbocycles. The molecule has 1 aliphatic rings. The Morgan fingerprint density at radius 1 is 1.26 bits per heavy atom. The normalized spacial score (nSPS) is 13.4. The van der Waals surface area contributed by atoms with Gasteiger partial charge in [-0.2, -0.15) is 11.8 Å². The van der Waals surface area contributed by atoms with E-state index in [0.717, 1.165) is 33.2 Å². The lowest BCUT2D eigenvalue weighted by Gasteiger charge is -2.10. The van der Waals surface area contributed by atoms with Gasteiger partial charge in [-0.3, -0.25) is 0 Å². The number of hydrogen-bond donors (Lipinski definition) is 1. The summed E-state index contributed by atoms with van der Waals surface area (Å²) in [6.07, 6.45) is 0. The van der Waals surface area contributed by atoms with Crippen molar-refractivity contribution in [3.8, 4) is 11.4 Å². The van der Waals surface area contributed by atoms with Crippen LogP contribution in [0.4, 0.5) is 5.82 Å². The third-order valence-electron chi connectivity index (χ3n) is 3.24. The molecule has 0 spiro atoms. The van der Waals surface area contributed by atoms with Gasteiger partial charge in [-0.1, -0.05) is 15.9 Å². The van der Waals surface area contributed by atoms with Gasteiger partial charge in [0.05, 0.1) is 5.69 Å². The quantitative estimate of drug-likeness (QED) is 0.899. The van der Waals surface area contributed by atoms with Crippen LogP contribution in [0.1, 0.15) is 16.8 Å². The van der Waals surface area contributed by atoms with Crippen molar-refractivity contribution in [3.63, 3.8) is 0 Å². The van der Waals surface area contributed by atoms with Gasteiger partial charge in [0.1, 0.15) is 5.82 Å².